The molecule has 0 aliphatic heterocycles. The highest BCUT2D eigenvalue weighted by molar-refractivity contribution is 5.52. The van der Waals surface area contributed by atoms with Gasteiger partial charge in [-0.05, 0) is 38.3 Å². The Kier molecular flexibility index (Phi) is 6.41. The molecular weight excluding hydrogens is 264 g/mol. The van der Waals surface area contributed by atoms with Crippen LogP contribution in [0.1, 0.15) is 26.2 Å². The number of ether oxygens (including phenoxy) is 1. The summed E-state index contributed by atoms with van der Waals surface area (Å²) in [5.74, 6) is 3.96. The van der Waals surface area contributed by atoms with Crippen molar-refractivity contribution >= 4 is 5.69 Å². The van der Waals surface area contributed by atoms with Gasteiger partial charge in [0.25, 0.3) is 0 Å². The normalized spacial score (nSPS) is 12.2. The number of nitrogens with zero attached hydrogens (tertiary/aromatic N) is 1. The first-order valence-corrected chi connectivity index (χ1v) is 6.42. The Balaban J connectivity index is 2.87. The number of nitrogens with two attached hydrogens (primary N) is 2. The second-order valence-corrected chi connectivity index (χ2v) is 4.52. The molecule has 0 saturated carbocycles. The Morgan fingerprint density at radius 2 is 2.00 bits per heavy atom. The standard InChI is InChI=1S/C14H21F2N3O/c1-10(17)12(7-3-4-9-20-2)19(18)13-8-5-6-11(15)14(13)16/h5-6,8H,3-4,7,9,17-18H2,1-2H3/b12-10-. The third-order valence-corrected chi connectivity index (χ3v) is 2.95. The van der Waals surface area contributed by atoms with E-state index < -0.39 is 11.6 Å². The molecule has 20 heavy (non-hydrogen) atoms. The second kappa shape index (κ2) is 7.81. The average molecular weight is 285 g/mol. The molecule has 0 saturated heterocycles. The smallest absolute Gasteiger partial charge is 0.183 e. The molecule has 1 rings (SSSR count). The average Bonchev–Trinajstić information content (AvgIpc) is 2.41. The van der Waals surface area contributed by atoms with Gasteiger partial charge in [-0.15, -0.1) is 0 Å². The van der Waals surface area contributed by atoms with Gasteiger partial charge in [0.1, 0.15) is 0 Å². The Morgan fingerprint density at radius 3 is 2.60 bits per heavy atom. The predicted molar refractivity (Wildman–Crippen MR) is 75.6 cm³/mol. The molecule has 4 nitrogen and oxygen atoms in total. The number of hydrogen-bond donors (Lipinski definition) is 2. The van der Waals surface area contributed by atoms with Gasteiger partial charge in [0.05, 0.1) is 11.4 Å². The first-order valence-electron chi connectivity index (χ1n) is 6.42. The third-order valence-electron chi connectivity index (χ3n) is 2.95. The maximum absolute atomic E-state index is 13.7. The van der Waals surface area contributed by atoms with Crippen LogP contribution in [0.5, 0.6) is 0 Å². The number of hydrogen-bond acceptors (Lipinski definition) is 4. The molecular formula is C14H21F2N3O. The number of anilines is 1. The van der Waals surface area contributed by atoms with Crippen molar-refractivity contribution in [3.63, 3.8) is 0 Å². The van der Waals surface area contributed by atoms with Crippen LogP contribution >= 0.6 is 0 Å². The van der Waals surface area contributed by atoms with Gasteiger partial charge in [0.2, 0.25) is 0 Å². The van der Waals surface area contributed by atoms with E-state index in [0.717, 1.165) is 23.9 Å². The minimum atomic E-state index is -0.981. The summed E-state index contributed by atoms with van der Waals surface area (Å²) in [4.78, 5) is 0. The molecule has 0 aliphatic carbocycles. The van der Waals surface area contributed by atoms with Crippen LogP contribution in [-0.2, 0) is 4.74 Å². The largest absolute Gasteiger partial charge is 0.401 e. The second-order valence-electron chi connectivity index (χ2n) is 4.52. The summed E-state index contributed by atoms with van der Waals surface area (Å²) in [5.41, 5.74) is 6.81. The number of halogens is 2. The molecule has 0 unspecified atom stereocenters. The zero-order valence-corrected chi connectivity index (χ0v) is 11.8. The summed E-state index contributed by atoms with van der Waals surface area (Å²) in [6.07, 6.45) is 2.20. The SMILES string of the molecule is COCCCC/C(=C(\C)N)N(N)c1cccc(F)c1F. The monoisotopic (exact) mass is 285 g/mol. The summed E-state index contributed by atoms with van der Waals surface area (Å²) in [6, 6.07) is 3.86. The molecule has 112 valence electrons. The molecule has 0 heterocycles. The quantitative estimate of drug-likeness (QED) is 0.459. The van der Waals surface area contributed by atoms with Gasteiger partial charge >= 0.3 is 0 Å². The highest BCUT2D eigenvalue weighted by Gasteiger charge is 2.16. The number of methoxy groups -OCH3 is 1. The minimum Gasteiger partial charge on any atom is -0.401 e. The van der Waals surface area contributed by atoms with Crippen molar-refractivity contribution in [1.82, 2.24) is 0 Å². The van der Waals surface area contributed by atoms with E-state index in [-0.39, 0.29) is 5.69 Å². The van der Waals surface area contributed by atoms with Gasteiger partial charge in [0.15, 0.2) is 11.6 Å². The van der Waals surface area contributed by atoms with Gasteiger partial charge in [-0.3, -0.25) is 5.01 Å². The summed E-state index contributed by atoms with van der Waals surface area (Å²) in [6.45, 7) is 2.32. The molecule has 0 bridgehead atoms. The number of rotatable bonds is 7. The van der Waals surface area contributed by atoms with Gasteiger partial charge in [-0.25, -0.2) is 14.6 Å². The van der Waals surface area contributed by atoms with Crippen LogP contribution < -0.4 is 16.6 Å². The first-order chi connectivity index (χ1) is 9.49. The summed E-state index contributed by atoms with van der Waals surface area (Å²) in [5, 5.41) is 1.11. The van der Waals surface area contributed by atoms with E-state index in [1.807, 2.05) is 0 Å². The number of allylic oxidation sites excluding steroid dienone is 2. The van der Waals surface area contributed by atoms with Crippen LogP contribution in [0.4, 0.5) is 14.5 Å². The van der Waals surface area contributed by atoms with E-state index in [0.29, 0.717) is 24.4 Å². The molecule has 0 fully saturated rings. The molecule has 1 aromatic carbocycles. The van der Waals surface area contributed by atoms with Crippen molar-refractivity contribution in [3.05, 3.63) is 41.2 Å². The van der Waals surface area contributed by atoms with Gasteiger partial charge < -0.3 is 10.5 Å². The Hall–Kier alpha value is -1.66. The Morgan fingerprint density at radius 1 is 1.30 bits per heavy atom. The predicted octanol–water partition coefficient (Wildman–Crippen LogP) is 2.65. The van der Waals surface area contributed by atoms with Crippen molar-refractivity contribution in [3.8, 4) is 0 Å². The van der Waals surface area contributed by atoms with E-state index in [2.05, 4.69) is 0 Å². The highest BCUT2D eigenvalue weighted by atomic mass is 19.2. The Labute approximate surface area is 118 Å². The van der Waals surface area contributed by atoms with Crippen molar-refractivity contribution < 1.29 is 13.5 Å². The fraction of sp³-hybridized carbons (Fsp3) is 0.429. The van der Waals surface area contributed by atoms with Crippen molar-refractivity contribution in [2.75, 3.05) is 18.7 Å². The number of hydrazine groups is 1. The molecule has 0 radical (unpaired) electrons. The van der Waals surface area contributed by atoms with Crippen LogP contribution in [0.2, 0.25) is 0 Å². The van der Waals surface area contributed by atoms with Crippen LogP contribution in [0.25, 0.3) is 0 Å². The molecule has 0 atom stereocenters. The van der Waals surface area contributed by atoms with E-state index in [9.17, 15) is 8.78 Å². The summed E-state index contributed by atoms with van der Waals surface area (Å²) in [7, 11) is 1.63. The van der Waals surface area contributed by atoms with Crippen molar-refractivity contribution in [2.24, 2.45) is 11.6 Å². The lowest BCUT2D eigenvalue weighted by molar-refractivity contribution is 0.193. The minimum absolute atomic E-state index is 0.0310. The maximum Gasteiger partial charge on any atom is 0.183 e. The van der Waals surface area contributed by atoms with E-state index in [1.54, 1.807) is 14.0 Å². The lowest BCUT2D eigenvalue weighted by Crippen LogP contribution is -2.33. The summed E-state index contributed by atoms with van der Waals surface area (Å²) < 4.78 is 31.9. The zero-order chi connectivity index (χ0) is 15.1. The lowest BCUT2D eigenvalue weighted by Gasteiger charge is -2.24. The molecule has 4 N–H and O–H groups in total. The molecule has 6 heteroatoms. The van der Waals surface area contributed by atoms with Crippen molar-refractivity contribution in [1.29, 1.82) is 0 Å². The van der Waals surface area contributed by atoms with Crippen LogP contribution in [0, 0.1) is 11.6 Å². The van der Waals surface area contributed by atoms with Crippen LogP contribution in [-0.4, -0.2) is 13.7 Å². The molecule has 0 spiro atoms. The van der Waals surface area contributed by atoms with Gasteiger partial charge in [-0.2, -0.15) is 0 Å². The van der Waals surface area contributed by atoms with Gasteiger partial charge in [0, 0.05) is 19.4 Å². The van der Waals surface area contributed by atoms with Crippen LogP contribution in [0.3, 0.4) is 0 Å². The number of benzene rings is 1. The van der Waals surface area contributed by atoms with Crippen LogP contribution in [0.15, 0.2) is 29.6 Å². The van der Waals surface area contributed by atoms with Gasteiger partial charge in [-0.1, -0.05) is 6.07 Å². The fourth-order valence-corrected chi connectivity index (χ4v) is 1.87. The zero-order valence-electron chi connectivity index (χ0n) is 11.8. The topological polar surface area (TPSA) is 64.5 Å². The third kappa shape index (κ3) is 4.18. The van der Waals surface area contributed by atoms with Crippen molar-refractivity contribution in [2.45, 2.75) is 26.2 Å². The molecule has 0 aromatic heterocycles. The molecule has 0 aliphatic rings. The number of unbranched alkanes of at least 4 members (excludes halogenated alkanes) is 1. The summed E-state index contributed by atoms with van der Waals surface area (Å²) >= 11 is 0. The molecule has 1 aromatic rings. The Bertz CT molecular complexity index is 473. The van der Waals surface area contributed by atoms with E-state index in [1.165, 1.54) is 12.1 Å². The molecule has 0 amide bonds. The fourth-order valence-electron chi connectivity index (χ4n) is 1.87. The van der Waals surface area contributed by atoms with E-state index >= 15 is 0 Å². The lowest BCUT2D eigenvalue weighted by atomic mass is 10.1. The highest BCUT2D eigenvalue weighted by Crippen LogP contribution is 2.25. The maximum atomic E-state index is 13.7. The first kappa shape index (κ1) is 16.4. The van der Waals surface area contributed by atoms with E-state index in [4.69, 9.17) is 16.3 Å².